The Kier molecular flexibility index (Phi) is 4.57. The highest BCUT2D eigenvalue weighted by Gasteiger charge is 2.36. The van der Waals surface area contributed by atoms with Gasteiger partial charge in [-0.05, 0) is 56.0 Å². The number of aromatic nitrogens is 3. The van der Waals surface area contributed by atoms with Gasteiger partial charge in [0.2, 0.25) is 0 Å². The molecule has 0 spiro atoms. The molecule has 0 radical (unpaired) electrons. The first-order valence-electron chi connectivity index (χ1n) is 10.6. The number of benzene rings is 1. The molecule has 2 aliphatic rings. The van der Waals surface area contributed by atoms with Crippen LogP contribution in [0, 0.1) is 19.8 Å². The molecule has 1 saturated heterocycles. The van der Waals surface area contributed by atoms with E-state index in [1.54, 1.807) is 6.07 Å². The third-order valence-corrected chi connectivity index (χ3v) is 6.40. The minimum atomic E-state index is 0.0696. The Morgan fingerprint density at radius 3 is 2.60 bits per heavy atom. The van der Waals surface area contributed by atoms with Crippen LogP contribution >= 0.6 is 0 Å². The fourth-order valence-corrected chi connectivity index (χ4v) is 5.01. The van der Waals surface area contributed by atoms with E-state index in [1.165, 1.54) is 0 Å². The van der Waals surface area contributed by atoms with Gasteiger partial charge in [0.25, 0.3) is 11.5 Å². The Hall–Kier alpha value is -3.15. The van der Waals surface area contributed by atoms with Crippen molar-refractivity contribution in [2.24, 2.45) is 5.92 Å². The highest BCUT2D eigenvalue weighted by molar-refractivity contribution is 5.94. The minimum absolute atomic E-state index is 0.0696. The van der Waals surface area contributed by atoms with Crippen molar-refractivity contribution in [2.45, 2.75) is 39.3 Å². The van der Waals surface area contributed by atoms with Crippen molar-refractivity contribution in [3.63, 3.8) is 0 Å². The first-order chi connectivity index (χ1) is 14.5. The molecule has 2 aliphatic heterocycles. The smallest absolute Gasteiger partial charge is 0.253 e. The zero-order chi connectivity index (χ0) is 20.8. The minimum Gasteiger partial charge on any atom is -0.338 e. The van der Waals surface area contributed by atoms with Gasteiger partial charge in [0, 0.05) is 48.6 Å². The average Bonchev–Trinajstić information content (AvgIpc) is 3.05. The van der Waals surface area contributed by atoms with Crippen LogP contribution in [0.2, 0.25) is 0 Å². The van der Waals surface area contributed by atoms with Gasteiger partial charge < -0.3 is 9.47 Å². The molecule has 0 N–H and O–H groups in total. The lowest BCUT2D eigenvalue weighted by molar-refractivity contribution is 0.0594. The van der Waals surface area contributed by atoms with Crippen LogP contribution in [0.25, 0.3) is 0 Å². The van der Waals surface area contributed by atoms with E-state index in [2.05, 4.69) is 18.1 Å². The van der Waals surface area contributed by atoms with Crippen molar-refractivity contribution < 1.29 is 4.79 Å². The highest BCUT2D eigenvalue weighted by Crippen LogP contribution is 2.35. The molecule has 1 amide bonds. The summed E-state index contributed by atoms with van der Waals surface area (Å²) in [5.74, 6) is 0.653. The van der Waals surface area contributed by atoms with E-state index < -0.39 is 0 Å². The SMILES string of the molecule is Cc1cc(C)n(Cc2ccc(C(=O)N3C[C@H]4C[C@@H](C3)c3cccc(=O)n3C4)cc2)n1. The molecule has 0 unspecified atom stereocenters. The number of hydrogen-bond acceptors (Lipinski definition) is 3. The van der Waals surface area contributed by atoms with Crippen LogP contribution in [0.4, 0.5) is 0 Å². The molecule has 6 heteroatoms. The molecule has 5 rings (SSSR count). The van der Waals surface area contributed by atoms with Gasteiger partial charge in [-0.2, -0.15) is 5.10 Å². The largest absolute Gasteiger partial charge is 0.338 e. The van der Waals surface area contributed by atoms with Crippen LogP contribution < -0.4 is 5.56 Å². The van der Waals surface area contributed by atoms with Crippen LogP contribution in [0.1, 0.15) is 45.3 Å². The van der Waals surface area contributed by atoms with Crippen molar-refractivity contribution in [3.05, 3.63) is 87.1 Å². The van der Waals surface area contributed by atoms with Gasteiger partial charge in [0.05, 0.1) is 12.2 Å². The number of carbonyl (C=O) groups excluding carboxylic acids is 1. The van der Waals surface area contributed by atoms with Crippen LogP contribution in [-0.4, -0.2) is 38.2 Å². The molecule has 30 heavy (non-hydrogen) atoms. The Morgan fingerprint density at radius 2 is 1.87 bits per heavy atom. The molecule has 2 atom stereocenters. The van der Waals surface area contributed by atoms with E-state index in [9.17, 15) is 9.59 Å². The van der Waals surface area contributed by atoms with Gasteiger partial charge in [-0.25, -0.2) is 0 Å². The monoisotopic (exact) mass is 402 g/mol. The van der Waals surface area contributed by atoms with Crippen molar-refractivity contribution >= 4 is 5.91 Å². The van der Waals surface area contributed by atoms with E-state index in [-0.39, 0.29) is 17.4 Å². The summed E-state index contributed by atoms with van der Waals surface area (Å²) in [7, 11) is 0. The second-order valence-corrected chi connectivity index (χ2v) is 8.69. The molecule has 1 aromatic carbocycles. The molecule has 2 aromatic heterocycles. The first-order valence-corrected chi connectivity index (χ1v) is 10.6. The quantitative estimate of drug-likeness (QED) is 0.677. The molecule has 6 nitrogen and oxygen atoms in total. The Bertz CT molecular complexity index is 1160. The van der Waals surface area contributed by atoms with Crippen molar-refractivity contribution in [1.82, 2.24) is 19.2 Å². The van der Waals surface area contributed by atoms with Gasteiger partial charge in [-0.15, -0.1) is 0 Å². The lowest BCUT2D eigenvalue weighted by Crippen LogP contribution is -2.49. The fraction of sp³-hybridized carbons (Fsp3) is 0.375. The maximum absolute atomic E-state index is 13.2. The van der Waals surface area contributed by atoms with E-state index >= 15 is 0 Å². The summed E-state index contributed by atoms with van der Waals surface area (Å²) >= 11 is 0. The van der Waals surface area contributed by atoms with Gasteiger partial charge in [-0.3, -0.25) is 14.3 Å². The second kappa shape index (κ2) is 7.27. The lowest BCUT2D eigenvalue weighted by Gasteiger charge is -2.42. The number of aryl methyl sites for hydroxylation is 2. The molecular formula is C24H26N4O2. The number of amides is 1. The number of hydrogen-bond donors (Lipinski definition) is 0. The predicted molar refractivity (Wildman–Crippen MR) is 115 cm³/mol. The molecular weight excluding hydrogens is 376 g/mol. The number of piperidine rings is 1. The van der Waals surface area contributed by atoms with Crippen molar-refractivity contribution in [3.8, 4) is 0 Å². The fourth-order valence-electron chi connectivity index (χ4n) is 5.01. The molecule has 2 bridgehead atoms. The van der Waals surface area contributed by atoms with Crippen LogP contribution in [-0.2, 0) is 13.1 Å². The van der Waals surface area contributed by atoms with Crippen LogP contribution in [0.5, 0.6) is 0 Å². The normalized spacial score (nSPS) is 20.1. The van der Waals surface area contributed by atoms with Crippen molar-refractivity contribution in [1.29, 1.82) is 0 Å². The van der Waals surface area contributed by atoms with E-state index in [4.69, 9.17) is 0 Å². The first kappa shape index (κ1) is 18.9. The van der Waals surface area contributed by atoms with Gasteiger partial charge in [0.15, 0.2) is 0 Å². The van der Waals surface area contributed by atoms with Crippen LogP contribution in [0.3, 0.4) is 0 Å². The number of carbonyl (C=O) groups is 1. The number of nitrogens with zero attached hydrogens (tertiary/aromatic N) is 4. The Morgan fingerprint density at radius 1 is 1.07 bits per heavy atom. The molecule has 4 heterocycles. The van der Waals surface area contributed by atoms with Gasteiger partial charge >= 0.3 is 0 Å². The van der Waals surface area contributed by atoms with E-state index in [0.29, 0.717) is 32.1 Å². The Labute approximate surface area is 175 Å². The molecule has 154 valence electrons. The topological polar surface area (TPSA) is 60.1 Å². The highest BCUT2D eigenvalue weighted by atomic mass is 16.2. The molecule has 0 saturated carbocycles. The molecule has 0 aliphatic carbocycles. The standard InChI is InChI=1S/C24H26N4O2/c1-16-10-17(2)28(25-16)14-18-6-8-20(9-7-18)24(30)26-12-19-11-21(15-26)22-4-3-5-23(29)27(22)13-19/h3-10,19,21H,11-15H2,1-2H3/t19-,21+/m1/s1. The lowest BCUT2D eigenvalue weighted by atomic mass is 9.83. The summed E-state index contributed by atoms with van der Waals surface area (Å²) in [5.41, 5.74) is 5.13. The van der Waals surface area contributed by atoms with Crippen molar-refractivity contribution in [2.75, 3.05) is 13.1 Å². The maximum atomic E-state index is 13.2. The zero-order valence-corrected chi connectivity index (χ0v) is 17.4. The summed E-state index contributed by atoms with van der Waals surface area (Å²) in [6.07, 6.45) is 1.05. The zero-order valence-electron chi connectivity index (χ0n) is 17.4. The summed E-state index contributed by atoms with van der Waals surface area (Å²) in [4.78, 5) is 27.3. The van der Waals surface area contributed by atoms with E-state index in [1.807, 2.05) is 57.5 Å². The molecule has 3 aromatic rings. The third kappa shape index (κ3) is 3.36. The average molecular weight is 402 g/mol. The maximum Gasteiger partial charge on any atom is 0.253 e. The molecule has 1 fully saturated rings. The summed E-state index contributed by atoms with van der Waals surface area (Å²) in [6.45, 7) is 6.84. The number of likely N-dealkylation sites (tertiary alicyclic amines) is 1. The van der Waals surface area contributed by atoms with Gasteiger partial charge in [0.1, 0.15) is 0 Å². The number of rotatable bonds is 3. The third-order valence-electron chi connectivity index (χ3n) is 6.40. The summed E-state index contributed by atoms with van der Waals surface area (Å²) in [6, 6.07) is 15.4. The number of fused-ring (bicyclic) bond motifs is 4. The Balaban J connectivity index is 1.32. The number of pyridine rings is 1. The second-order valence-electron chi connectivity index (χ2n) is 8.69. The summed E-state index contributed by atoms with van der Waals surface area (Å²) < 4.78 is 3.88. The van der Waals surface area contributed by atoms with Crippen LogP contribution in [0.15, 0.2) is 53.3 Å². The van der Waals surface area contributed by atoms with Gasteiger partial charge in [-0.1, -0.05) is 18.2 Å². The van der Waals surface area contributed by atoms with E-state index in [0.717, 1.165) is 34.6 Å². The summed E-state index contributed by atoms with van der Waals surface area (Å²) in [5, 5.41) is 4.51. The predicted octanol–water partition coefficient (Wildman–Crippen LogP) is 2.97.